The van der Waals surface area contributed by atoms with E-state index in [0.717, 1.165) is 49.4 Å². The molecule has 2 aromatic heterocycles. The molecule has 2 heterocycles. The molecule has 1 saturated carbocycles. The molecule has 4 heteroatoms. The first-order valence-corrected chi connectivity index (χ1v) is 9.28. The van der Waals surface area contributed by atoms with Gasteiger partial charge in [0, 0.05) is 33.1 Å². The summed E-state index contributed by atoms with van der Waals surface area (Å²) >= 11 is 6.49. The van der Waals surface area contributed by atoms with Gasteiger partial charge in [-0.25, -0.2) is 0 Å². The molecule has 2 aromatic carbocycles. The molecule has 0 spiro atoms. The van der Waals surface area contributed by atoms with Gasteiger partial charge in [-0.2, -0.15) is 0 Å². The molecule has 0 aliphatic heterocycles. The first kappa shape index (κ1) is 15.7. The molecule has 1 N–H and O–H groups in total. The molecular formula is C22H19ClN2O. The van der Waals surface area contributed by atoms with Crippen molar-refractivity contribution < 1.29 is 4.74 Å². The first-order chi connectivity index (χ1) is 12.7. The van der Waals surface area contributed by atoms with E-state index in [1.54, 1.807) is 7.11 Å². The summed E-state index contributed by atoms with van der Waals surface area (Å²) in [5.41, 5.74) is 6.58. The van der Waals surface area contributed by atoms with Gasteiger partial charge in [0.2, 0.25) is 0 Å². The highest BCUT2D eigenvalue weighted by Crippen LogP contribution is 2.45. The van der Waals surface area contributed by atoms with Crippen LogP contribution >= 0.6 is 11.6 Å². The van der Waals surface area contributed by atoms with Crippen molar-refractivity contribution in [3.8, 4) is 16.9 Å². The number of halogens is 1. The van der Waals surface area contributed by atoms with Crippen molar-refractivity contribution in [2.45, 2.75) is 25.7 Å². The van der Waals surface area contributed by atoms with Gasteiger partial charge in [-0.3, -0.25) is 4.98 Å². The summed E-state index contributed by atoms with van der Waals surface area (Å²) in [6.45, 7) is 2.02. The van der Waals surface area contributed by atoms with Crippen LogP contribution in [0.1, 0.15) is 30.0 Å². The average molecular weight is 363 g/mol. The molecule has 4 aromatic rings. The number of nitrogens with zero attached hydrogens (tertiary/aromatic N) is 1. The Morgan fingerprint density at radius 2 is 1.88 bits per heavy atom. The van der Waals surface area contributed by atoms with Gasteiger partial charge in [0.15, 0.2) is 0 Å². The van der Waals surface area contributed by atoms with E-state index in [2.05, 4.69) is 28.2 Å². The monoisotopic (exact) mass is 362 g/mol. The van der Waals surface area contributed by atoms with Gasteiger partial charge in [-0.05, 0) is 55.5 Å². The van der Waals surface area contributed by atoms with Gasteiger partial charge < -0.3 is 9.72 Å². The van der Waals surface area contributed by atoms with Gasteiger partial charge >= 0.3 is 0 Å². The summed E-state index contributed by atoms with van der Waals surface area (Å²) in [4.78, 5) is 7.98. The average Bonchev–Trinajstić information content (AvgIpc) is 3.43. The minimum atomic E-state index is 0.694. The second kappa shape index (κ2) is 5.75. The Morgan fingerprint density at radius 1 is 1.04 bits per heavy atom. The van der Waals surface area contributed by atoms with Crippen LogP contribution in [0.4, 0.5) is 0 Å². The Morgan fingerprint density at radius 3 is 2.65 bits per heavy atom. The van der Waals surface area contributed by atoms with Crippen molar-refractivity contribution in [2.75, 3.05) is 7.11 Å². The number of rotatable bonds is 3. The number of hydrogen-bond acceptors (Lipinski definition) is 2. The van der Waals surface area contributed by atoms with E-state index >= 15 is 0 Å². The number of H-pyrrole nitrogens is 1. The smallest absolute Gasteiger partial charge is 0.127 e. The van der Waals surface area contributed by atoms with E-state index < -0.39 is 0 Å². The van der Waals surface area contributed by atoms with E-state index in [9.17, 15) is 0 Å². The maximum Gasteiger partial charge on any atom is 0.127 e. The van der Waals surface area contributed by atoms with Crippen LogP contribution in [0, 0.1) is 6.92 Å². The number of benzene rings is 2. The molecule has 0 amide bonds. The van der Waals surface area contributed by atoms with Crippen molar-refractivity contribution >= 4 is 33.4 Å². The molecule has 1 aliphatic carbocycles. The van der Waals surface area contributed by atoms with Crippen molar-refractivity contribution in [1.82, 2.24) is 9.97 Å². The van der Waals surface area contributed by atoms with Crippen molar-refractivity contribution in [3.05, 3.63) is 58.9 Å². The largest absolute Gasteiger partial charge is 0.496 e. The minimum Gasteiger partial charge on any atom is -0.496 e. The van der Waals surface area contributed by atoms with Crippen LogP contribution in [-0.4, -0.2) is 17.1 Å². The topological polar surface area (TPSA) is 37.9 Å². The summed E-state index contributed by atoms with van der Waals surface area (Å²) < 4.78 is 5.74. The molecule has 130 valence electrons. The van der Waals surface area contributed by atoms with Crippen LogP contribution in [0.25, 0.3) is 32.9 Å². The molecular weight excluding hydrogens is 344 g/mol. The lowest BCUT2D eigenvalue weighted by atomic mass is 9.98. The molecule has 5 rings (SSSR count). The van der Waals surface area contributed by atoms with Crippen molar-refractivity contribution in [2.24, 2.45) is 0 Å². The Bertz CT molecular complexity index is 1160. The summed E-state index contributed by atoms with van der Waals surface area (Å²) in [5.74, 6) is 1.59. The molecule has 26 heavy (non-hydrogen) atoms. The Balaban J connectivity index is 1.81. The minimum absolute atomic E-state index is 0.694. The lowest BCUT2D eigenvalue weighted by Gasteiger charge is -2.12. The van der Waals surface area contributed by atoms with E-state index in [1.807, 2.05) is 31.3 Å². The quantitative estimate of drug-likeness (QED) is 0.469. The Kier molecular flexibility index (Phi) is 3.47. The van der Waals surface area contributed by atoms with Crippen LogP contribution < -0.4 is 4.74 Å². The predicted octanol–water partition coefficient (Wildman–Crippen LogP) is 6.23. The van der Waals surface area contributed by atoms with Gasteiger partial charge in [0.25, 0.3) is 0 Å². The number of aromatic amines is 1. The van der Waals surface area contributed by atoms with Gasteiger partial charge in [0.05, 0.1) is 23.8 Å². The van der Waals surface area contributed by atoms with Crippen LogP contribution in [0.15, 0.2) is 42.6 Å². The molecule has 0 bridgehead atoms. The number of hydrogen-bond donors (Lipinski definition) is 1. The lowest BCUT2D eigenvalue weighted by Crippen LogP contribution is -1.91. The Labute approximate surface area is 157 Å². The molecule has 1 fully saturated rings. The SMILES string of the molecule is COc1cc(C2CC2)ccc1-c1cc(Cl)cc2c1[nH]c1c(C)nccc12. The number of aromatic nitrogens is 2. The van der Waals surface area contributed by atoms with E-state index in [1.165, 1.54) is 18.4 Å². The molecule has 1 aliphatic rings. The fourth-order valence-corrected chi connectivity index (χ4v) is 4.06. The first-order valence-electron chi connectivity index (χ1n) is 8.90. The second-order valence-corrected chi connectivity index (χ2v) is 7.49. The van der Waals surface area contributed by atoms with Crippen molar-refractivity contribution in [3.63, 3.8) is 0 Å². The van der Waals surface area contributed by atoms with Crippen LogP contribution in [0.2, 0.25) is 5.02 Å². The lowest BCUT2D eigenvalue weighted by molar-refractivity contribution is 0.416. The maximum atomic E-state index is 6.49. The van der Waals surface area contributed by atoms with E-state index in [-0.39, 0.29) is 0 Å². The van der Waals surface area contributed by atoms with Gasteiger partial charge in [-0.15, -0.1) is 0 Å². The number of pyridine rings is 1. The second-order valence-electron chi connectivity index (χ2n) is 7.05. The molecule has 3 nitrogen and oxygen atoms in total. The van der Waals surface area contributed by atoms with E-state index in [0.29, 0.717) is 5.92 Å². The summed E-state index contributed by atoms with van der Waals surface area (Å²) in [7, 11) is 1.73. The van der Waals surface area contributed by atoms with E-state index in [4.69, 9.17) is 16.3 Å². The number of methoxy groups -OCH3 is 1. The third kappa shape index (κ3) is 2.38. The molecule has 0 radical (unpaired) electrons. The predicted molar refractivity (Wildman–Crippen MR) is 107 cm³/mol. The van der Waals surface area contributed by atoms with Crippen molar-refractivity contribution in [1.29, 1.82) is 0 Å². The number of ether oxygens (including phenoxy) is 1. The normalized spacial score (nSPS) is 14.3. The molecule has 0 saturated heterocycles. The summed E-state index contributed by atoms with van der Waals surface area (Å²) in [5, 5.41) is 2.97. The molecule has 0 atom stereocenters. The maximum absolute atomic E-state index is 6.49. The van der Waals surface area contributed by atoms with Crippen LogP contribution in [-0.2, 0) is 0 Å². The van der Waals surface area contributed by atoms with Crippen LogP contribution in [0.5, 0.6) is 5.75 Å². The third-order valence-corrected chi connectivity index (χ3v) is 5.57. The fraction of sp³-hybridized carbons (Fsp3) is 0.227. The summed E-state index contributed by atoms with van der Waals surface area (Å²) in [6.07, 6.45) is 4.40. The zero-order chi connectivity index (χ0) is 17.8. The van der Waals surface area contributed by atoms with Crippen LogP contribution in [0.3, 0.4) is 0 Å². The zero-order valence-corrected chi connectivity index (χ0v) is 15.5. The summed E-state index contributed by atoms with van der Waals surface area (Å²) in [6, 6.07) is 12.6. The Hall–Kier alpha value is -2.52. The van der Waals surface area contributed by atoms with Gasteiger partial charge in [-0.1, -0.05) is 23.7 Å². The van der Waals surface area contributed by atoms with Gasteiger partial charge in [0.1, 0.15) is 5.75 Å². The molecule has 0 unspecified atom stereocenters. The fourth-order valence-electron chi connectivity index (χ4n) is 3.84. The third-order valence-electron chi connectivity index (χ3n) is 5.35. The highest BCUT2D eigenvalue weighted by Gasteiger charge is 2.25. The highest BCUT2D eigenvalue weighted by molar-refractivity contribution is 6.32. The standard InChI is InChI=1S/C22H19ClN2O/c1-12-21-17(7-8-24-12)19-11-15(23)10-18(22(19)25-21)16-6-5-14(13-3-4-13)9-20(16)26-2/h5-11,13,25H,3-4H2,1-2H3. The highest BCUT2D eigenvalue weighted by atomic mass is 35.5. The number of fused-ring (bicyclic) bond motifs is 3. The number of nitrogens with one attached hydrogen (secondary N) is 1. The zero-order valence-electron chi connectivity index (χ0n) is 14.8. The number of aryl methyl sites for hydroxylation is 1.